The first-order valence-electron chi connectivity index (χ1n) is 7.85. The Hall–Kier alpha value is -1.80. The van der Waals surface area contributed by atoms with Crippen LogP contribution in [-0.4, -0.2) is 11.2 Å². The number of hydrogen-bond acceptors (Lipinski definition) is 2. The van der Waals surface area contributed by atoms with Gasteiger partial charge >= 0.3 is 0 Å². The maximum absolute atomic E-state index is 10.4. The van der Waals surface area contributed by atoms with Gasteiger partial charge in [0, 0.05) is 6.42 Å². The molecule has 2 aliphatic carbocycles. The molecule has 0 saturated heterocycles. The summed E-state index contributed by atoms with van der Waals surface area (Å²) in [5.74, 6) is 0.896. The van der Waals surface area contributed by atoms with Gasteiger partial charge in [0.05, 0.1) is 0 Å². The van der Waals surface area contributed by atoms with E-state index in [0.29, 0.717) is 0 Å². The van der Waals surface area contributed by atoms with E-state index in [1.807, 2.05) is 18.2 Å². The Labute approximate surface area is 125 Å². The van der Waals surface area contributed by atoms with Crippen LogP contribution in [0.4, 0.5) is 0 Å². The number of aliphatic hydroxyl groups is 1. The van der Waals surface area contributed by atoms with Crippen LogP contribution in [0, 0.1) is 0 Å². The Kier molecular flexibility index (Phi) is 3.19. The zero-order chi connectivity index (χ0) is 14.2. The molecular formula is C19H20O2. The van der Waals surface area contributed by atoms with Crippen molar-refractivity contribution in [2.45, 2.75) is 44.3 Å². The highest BCUT2D eigenvalue weighted by atomic mass is 16.5. The monoisotopic (exact) mass is 280 g/mol. The molecule has 108 valence electrons. The SMILES string of the molecule is OC1c2ccccc2CC1Oc1ccc2c(c1)CCCC2. The molecule has 0 saturated carbocycles. The van der Waals surface area contributed by atoms with E-state index in [-0.39, 0.29) is 6.10 Å². The molecular weight excluding hydrogens is 260 g/mol. The molecule has 2 nitrogen and oxygen atoms in total. The van der Waals surface area contributed by atoms with E-state index in [4.69, 9.17) is 4.74 Å². The summed E-state index contributed by atoms with van der Waals surface area (Å²) in [6.07, 6.45) is 5.01. The van der Waals surface area contributed by atoms with Gasteiger partial charge in [-0.15, -0.1) is 0 Å². The van der Waals surface area contributed by atoms with Gasteiger partial charge in [0.25, 0.3) is 0 Å². The molecule has 2 unspecified atom stereocenters. The number of ether oxygens (including phenoxy) is 1. The second-order valence-corrected chi connectivity index (χ2v) is 6.14. The van der Waals surface area contributed by atoms with Gasteiger partial charge in [-0.3, -0.25) is 0 Å². The molecule has 0 aromatic heterocycles. The van der Waals surface area contributed by atoms with Crippen molar-refractivity contribution in [1.29, 1.82) is 0 Å². The van der Waals surface area contributed by atoms with E-state index < -0.39 is 6.10 Å². The highest BCUT2D eigenvalue weighted by Gasteiger charge is 2.32. The molecule has 1 N–H and O–H groups in total. The van der Waals surface area contributed by atoms with Crippen LogP contribution >= 0.6 is 0 Å². The van der Waals surface area contributed by atoms with Gasteiger partial charge in [-0.2, -0.15) is 0 Å². The Bertz CT molecular complexity index is 662. The smallest absolute Gasteiger partial charge is 0.133 e. The summed E-state index contributed by atoms with van der Waals surface area (Å²) in [6, 6.07) is 14.5. The lowest BCUT2D eigenvalue weighted by Crippen LogP contribution is -2.21. The maximum atomic E-state index is 10.4. The van der Waals surface area contributed by atoms with E-state index in [9.17, 15) is 5.11 Å². The normalized spacial score (nSPS) is 23.5. The lowest BCUT2D eigenvalue weighted by molar-refractivity contribution is 0.0493. The lowest BCUT2D eigenvalue weighted by Gasteiger charge is -2.20. The molecule has 2 aromatic carbocycles. The van der Waals surface area contributed by atoms with Gasteiger partial charge in [0.15, 0.2) is 0 Å². The fourth-order valence-corrected chi connectivity index (χ4v) is 3.60. The van der Waals surface area contributed by atoms with E-state index >= 15 is 0 Å². The molecule has 2 aromatic rings. The van der Waals surface area contributed by atoms with Crippen molar-refractivity contribution in [3.63, 3.8) is 0 Å². The zero-order valence-corrected chi connectivity index (χ0v) is 12.1. The van der Waals surface area contributed by atoms with Crippen LogP contribution in [-0.2, 0) is 19.3 Å². The summed E-state index contributed by atoms with van der Waals surface area (Å²) < 4.78 is 6.09. The molecule has 0 bridgehead atoms. The van der Waals surface area contributed by atoms with Crippen molar-refractivity contribution < 1.29 is 9.84 Å². The molecule has 0 aliphatic heterocycles. The lowest BCUT2D eigenvalue weighted by atomic mass is 9.92. The van der Waals surface area contributed by atoms with Crippen LogP contribution in [0.15, 0.2) is 42.5 Å². The van der Waals surface area contributed by atoms with E-state index in [1.54, 1.807) is 0 Å². The van der Waals surface area contributed by atoms with Crippen LogP contribution in [0.3, 0.4) is 0 Å². The first-order valence-corrected chi connectivity index (χ1v) is 7.85. The predicted molar refractivity (Wildman–Crippen MR) is 82.6 cm³/mol. The summed E-state index contributed by atoms with van der Waals surface area (Å²) in [5.41, 5.74) is 5.10. The van der Waals surface area contributed by atoms with Crippen LogP contribution in [0.1, 0.15) is 41.2 Å². The van der Waals surface area contributed by atoms with Gasteiger partial charge < -0.3 is 9.84 Å². The van der Waals surface area contributed by atoms with Crippen molar-refractivity contribution in [3.05, 3.63) is 64.7 Å². The van der Waals surface area contributed by atoms with Crippen molar-refractivity contribution in [2.24, 2.45) is 0 Å². The third kappa shape index (κ3) is 2.34. The van der Waals surface area contributed by atoms with Crippen molar-refractivity contribution >= 4 is 0 Å². The summed E-state index contributed by atoms with van der Waals surface area (Å²) in [5, 5.41) is 10.4. The average molecular weight is 280 g/mol. The Morgan fingerprint density at radius 2 is 1.71 bits per heavy atom. The molecule has 2 atom stereocenters. The van der Waals surface area contributed by atoms with Crippen LogP contribution < -0.4 is 4.74 Å². The first kappa shape index (κ1) is 12.9. The number of rotatable bonds is 2. The molecule has 0 fully saturated rings. The minimum atomic E-state index is -0.516. The van der Waals surface area contributed by atoms with E-state index in [0.717, 1.165) is 24.2 Å². The van der Waals surface area contributed by atoms with Crippen molar-refractivity contribution in [3.8, 4) is 5.75 Å². The Balaban J connectivity index is 1.55. The molecule has 2 heteroatoms. The van der Waals surface area contributed by atoms with Gasteiger partial charge in [-0.1, -0.05) is 30.3 Å². The molecule has 0 amide bonds. The van der Waals surface area contributed by atoms with Gasteiger partial charge in [-0.25, -0.2) is 0 Å². The minimum absolute atomic E-state index is 0.163. The number of benzene rings is 2. The van der Waals surface area contributed by atoms with Crippen LogP contribution in [0.5, 0.6) is 5.75 Å². The van der Waals surface area contributed by atoms with Crippen molar-refractivity contribution in [2.75, 3.05) is 0 Å². The van der Waals surface area contributed by atoms with E-state index in [1.165, 1.54) is 36.0 Å². The fraction of sp³-hybridized carbons (Fsp3) is 0.368. The number of aryl methyl sites for hydroxylation is 2. The quantitative estimate of drug-likeness (QED) is 0.910. The fourth-order valence-electron chi connectivity index (χ4n) is 3.60. The van der Waals surface area contributed by atoms with Crippen LogP contribution in [0.2, 0.25) is 0 Å². The third-order valence-electron chi connectivity index (χ3n) is 4.75. The first-order chi connectivity index (χ1) is 10.3. The maximum Gasteiger partial charge on any atom is 0.133 e. The molecule has 0 heterocycles. The molecule has 4 rings (SSSR count). The number of fused-ring (bicyclic) bond motifs is 2. The molecule has 21 heavy (non-hydrogen) atoms. The van der Waals surface area contributed by atoms with E-state index in [2.05, 4.69) is 24.3 Å². The van der Waals surface area contributed by atoms with Crippen molar-refractivity contribution in [1.82, 2.24) is 0 Å². The second kappa shape index (κ2) is 5.19. The molecule has 2 aliphatic rings. The Morgan fingerprint density at radius 3 is 2.57 bits per heavy atom. The van der Waals surface area contributed by atoms with Gasteiger partial charge in [0.1, 0.15) is 18.0 Å². The van der Waals surface area contributed by atoms with Gasteiger partial charge in [0.2, 0.25) is 0 Å². The zero-order valence-electron chi connectivity index (χ0n) is 12.1. The number of hydrogen-bond donors (Lipinski definition) is 1. The van der Waals surface area contributed by atoms with Gasteiger partial charge in [-0.05, 0) is 60.1 Å². The van der Waals surface area contributed by atoms with Crippen LogP contribution in [0.25, 0.3) is 0 Å². The largest absolute Gasteiger partial charge is 0.487 e. The Morgan fingerprint density at radius 1 is 0.905 bits per heavy atom. The minimum Gasteiger partial charge on any atom is -0.487 e. The average Bonchev–Trinajstić information content (AvgIpc) is 2.84. The predicted octanol–water partition coefficient (Wildman–Crippen LogP) is 3.60. The number of aliphatic hydroxyl groups excluding tert-OH is 1. The highest BCUT2D eigenvalue weighted by molar-refractivity contribution is 5.39. The molecule has 0 spiro atoms. The highest BCUT2D eigenvalue weighted by Crippen LogP contribution is 2.34. The topological polar surface area (TPSA) is 29.5 Å². The summed E-state index contributed by atoms with van der Waals surface area (Å²) >= 11 is 0. The standard InChI is InChI=1S/C19H20O2/c20-19-17-8-4-3-7-15(17)12-18(19)21-16-10-9-13-5-1-2-6-14(13)11-16/h3-4,7-11,18-20H,1-2,5-6,12H2. The summed E-state index contributed by atoms with van der Waals surface area (Å²) in [6.45, 7) is 0. The molecule has 0 radical (unpaired) electrons. The summed E-state index contributed by atoms with van der Waals surface area (Å²) in [7, 11) is 0. The second-order valence-electron chi connectivity index (χ2n) is 6.14. The third-order valence-corrected chi connectivity index (χ3v) is 4.75. The summed E-state index contributed by atoms with van der Waals surface area (Å²) in [4.78, 5) is 0.